The molecule has 1 N–H and O–H groups in total. The maximum absolute atomic E-state index is 14.4. The van der Waals surface area contributed by atoms with E-state index in [4.69, 9.17) is 0 Å². The van der Waals surface area contributed by atoms with E-state index in [-0.39, 0.29) is 29.0 Å². The molecule has 1 aliphatic rings. The van der Waals surface area contributed by atoms with Crippen molar-refractivity contribution in [2.45, 2.75) is 49.5 Å². The summed E-state index contributed by atoms with van der Waals surface area (Å²) in [6.07, 6.45) is -2.32. The molecule has 0 spiro atoms. The van der Waals surface area contributed by atoms with Gasteiger partial charge in [-0.25, -0.2) is 27.2 Å². The molecule has 1 saturated heterocycles. The molecule has 4 rings (SSSR count). The molecule has 3 aromatic rings. The van der Waals surface area contributed by atoms with Gasteiger partial charge in [0, 0.05) is 36.1 Å². The van der Waals surface area contributed by atoms with E-state index >= 15 is 0 Å². The normalized spacial score (nSPS) is 18.6. The van der Waals surface area contributed by atoms with Gasteiger partial charge in [0.15, 0.2) is 0 Å². The second-order valence-corrected chi connectivity index (χ2v) is 10.4. The van der Waals surface area contributed by atoms with Crippen molar-refractivity contribution < 1.29 is 35.2 Å². The van der Waals surface area contributed by atoms with Crippen LogP contribution in [0.1, 0.15) is 31.2 Å². The lowest BCUT2D eigenvalue weighted by Gasteiger charge is -2.27. The fourth-order valence-electron chi connectivity index (χ4n) is 4.16. The number of nitrogens with one attached hydrogen (secondary N) is 1. The van der Waals surface area contributed by atoms with Gasteiger partial charge in [-0.05, 0) is 61.7 Å². The van der Waals surface area contributed by atoms with Crippen LogP contribution in [0, 0.1) is 11.6 Å². The van der Waals surface area contributed by atoms with Gasteiger partial charge in [-0.2, -0.15) is 17.5 Å². The number of sulfonamides is 1. The quantitative estimate of drug-likeness (QED) is 0.471. The molecule has 1 aliphatic heterocycles. The minimum atomic E-state index is -4.74. The Morgan fingerprint density at radius 3 is 2.32 bits per heavy atom. The predicted octanol–water partition coefficient (Wildman–Crippen LogP) is 4.30. The minimum absolute atomic E-state index is 0.0138. The Kier molecular flexibility index (Phi) is 7.29. The average molecular weight is 541 g/mol. The first-order valence-corrected chi connectivity index (χ1v) is 12.6. The number of hydrogen-bond donors (Lipinski definition) is 1. The average Bonchev–Trinajstić information content (AvgIpc) is 3.25. The number of nitrogens with zero attached hydrogens (tertiary/aromatic N) is 3. The van der Waals surface area contributed by atoms with Gasteiger partial charge >= 0.3 is 6.18 Å². The number of benzene rings is 2. The van der Waals surface area contributed by atoms with Crippen molar-refractivity contribution in [2.75, 3.05) is 0 Å². The molecular formula is C24H21F5N4O3S. The first kappa shape index (κ1) is 26.6. The van der Waals surface area contributed by atoms with E-state index in [1.165, 1.54) is 12.1 Å². The maximum Gasteiger partial charge on any atom is 0.451 e. The molecule has 13 heteroatoms. The Bertz CT molecular complexity index is 1400. The molecule has 2 atom stereocenters. The molecule has 0 bridgehead atoms. The zero-order chi connectivity index (χ0) is 27.0. The number of amides is 1. The van der Waals surface area contributed by atoms with Gasteiger partial charge in [-0.1, -0.05) is 6.07 Å². The third kappa shape index (κ3) is 5.62. The Labute approximate surface area is 209 Å². The highest BCUT2D eigenvalue weighted by Crippen LogP contribution is 2.32. The van der Waals surface area contributed by atoms with Crippen molar-refractivity contribution in [3.05, 3.63) is 77.9 Å². The lowest BCUT2D eigenvalue weighted by molar-refractivity contribution is -0.145. The van der Waals surface area contributed by atoms with Gasteiger partial charge < -0.3 is 5.32 Å². The summed E-state index contributed by atoms with van der Waals surface area (Å²) in [5.41, 5.74) is 0.374. The van der Waals surface area contributed by atoms with E-state index in [1.807, 2.05) is 0 Å². The van der Waals surface area contributed by atoms with Gasteiger partial charge in [0.05, 0.1) is 4.90 Å². The maximum atomic E-state index is 14.4. The summed E-state index contributed by atoms with van der Waals surface area (Å²) >= 11 is 0. The van der Waals surface area contributed by atoms with Crippen LogP contribution >= 0.6 is 0 Å². The highest BCUT2D eigenvalue weighted by atomic mass is 32.2. The van der Waals surface area contributed by atoms with Gasteiger partial charge in [0.25, 0.3) is 0 Å². The SMILES string of the molecule is C[C@H]1CC[C@@H](C(=O)NCc2ccc(F)c(-c3cnc(C(F)(F)F)nc3)c2)N1S(=O)(=O)c1ccc(F)cc1. The zero-order valence-corrected chi connectivity index (χ0v) is 20.2. The van der Waals surface area contributed by atoms with Crippen molar-refractivity contribution in [3.8, 4) is 11.1 Å². The number of carbonyl (C=O) groups is 1. The monoisotopic (exact) mass is 540 g/mol. The highest BCUT2D eigenvalue weighted by Gasteiger charge is 2.43. The van der Waals surface area contributed by atoms with E-state index in [0.717, 1.165) is 47.0 Å². The summed E-state index contributed by atoms with van der Waals surface area (Å²) in [7, 11) is -4.08. The largest absolute Gasteiger partial charge is 0.451 e. The van der Waals surface area contributed by atoms with Crippen LogP contribution in [0.3, 0.4) is 0 Å². The number of aromatic nitrogens is 2. The van der Waals surface area contributed by atoms with Crippen LogP contribution in [0.25, 0.3) is 11.1 Å². The number of rotatable bonds is 6. The van der Waals surface area contributed by atoms with Crippen LogP contribution in [-0.2, 0) is 27.5 Å². The molecule has 196 valence electrons. The van der Waals surface area contributed by atoms with Gasteiger partial charge in [-0.3, -0.25) is 4.79 Å². The van der Waals surface area contributed by atoms with Gasteiger partial charge in [0.2, 0.25) is 21.8 Å². The number of alkyl halides is 3. The molecule has 0 radical (unpaired) electrons. The fourth-order valence-corrected chi connectivity index (χ4v) is 6.00. The number of halogens is 5. The first-order valence-electron chi connectivity index (χ1n) is 11.1. The van der Waals surface area contributed by atoms with E-state index in [1.54, 1.807) is 6.92 Å². The van der Waals surface area contributed by atoms with Crippen molar-refractivity contribution >= 4 is 15.9 Å². The van der Waals surface area contributed by atoms with Crippen LogP contribution in [0.5, 0.6) is 0 Å². The standard InChI is InChI=1S/C24H21F5N4O3S/c1-14-2-9-21(33(14)37(35,36)18-6-4-17(25)5-7-18)22(34)30-11-15-3-8-20(26)19(10-15)16-12-31-23(32-13-16)24(27,28)29/h3-8,10,12-14,21H,2,9,11H2,1H3,(H,30,34)/t14-,21-/m0/s1. The lowest BCUT2D eigenvalue weighted by Crippen LogP contribution is -2.48. The lowest BCUT2D eigenvalue weighted by atomic mass is 10.0. The van der Waals surface area contributed by atoms with Crippen LogP contribution in [-0.4, -0.2) is 40.7 Å². The molecule has 2 aromatic carbocycles. The molecule has 0 aliphatic carbocycles. The minimum Gasteiger partial charge on any atom is -0.351 e. The summed E-state index contributed by atoms with van der Waals surface area (Å²) < 4.78 is 93.2. The summed E-state index contributed by atoms with van der Waals surface area (Å²) in [5.74, 6) is -3.24. The predicted molar refractivity (Wildman–Crippen MR) is 122 cm³/mol. The van der Waals surface area contributed by atoms with Crippen molar-refractivity contribution in [1.29, 1.82) is 0 Å². The Hall–Kier alpha value is -3.45. The first-order chi connectivity index (χ1) is 17.4. The smallest absolute Gasteiger partial charge is 0.351 e. The third-order valence-electron chi connectivity index (χ3n) is 6.01. The topological polar surface area (TPSA) is 92.3 Å². The van der Waals surface area contributed by atoms with E-state index in [9.17, 15) is 35.2 Å². The summed E-state index contributed by atoms with van der Waals surface area (Å²) in [6, 6.07) is 6.66. The van der Waals surface area contributed by atoms with E-state index in [2.05, 4.69) is 15.3 Å². The second kappa shape index (κ2) is 10.1. The molecule has 7 nitrogen and oxygen atoms in total. The van der Waals surface area contributed by atoms with Crippen LogP contribution in [0.4, 0.5) is 22.0 Å². The summed E-state index contributed by atoms with van der Waals surface area (Å²) in [5, 5.41) is 2.64. The van der Waals surface area contributed by atoms with E-state index < -0.39 is 51.6 Å². The molecule has 2 heterocycles. The van der Waals surface area contributed by atoms with E-state index in [0.29, 0.717) is 12.0 Å². The zero-order valence-electron chi connectivity index (χ0n) is 19.3. The summed E-state index contributed by atoms with van der Waals surface area (Å²) in [4.78, 5) is 19.3. The Morgan fingerprint density at radius 2 is 1.70 bits per heavy atom. The van der Waals surface area contributed by atoms with Crippen molar-refractivity contribution in [3.63, 3.8) is 0 Å². The van der Waals surface area contributed by atoms with Crippen molar-refractivity contribution in [1.82, 2.24) is 19.6 Å². The van der Waals surface area contributed by atoms with Crippen LogP contribution < -0.4 is 5.32 Å². The van der Waals surface area contributed by atoms with Gasteiger partial charge in [-0.15, -0.1) is 0 Å². The van der Waals surface area contributed by atoms with Crippen LogP contribution in [0.15, 0.2) is 59.8 Å². The molecule has 0 unspecified atom stereocenters. The third-order valence-corrected chi connectivity index (χ3v) is 8.04. The molecule has 1 aromatic heterocycles. The Balaban J connectivity index is 1.50. The highest BCUT2D eigenvalue weighted by molar-refractivity contribution is 7.89. The molecule has 0 saturated carbocycles. The second-order valence-electron chi connectivity index (χ2n) is 8.56. The number of carbonyl (C=O) groups excluding carboxylic acids is 1. The molecule has 1 amide bonds. The molecular weight excluding hydrogens is 519 g/mol. The molecule has 37 heavy (non-hydrogen) atoms. The fraction of sp³-hybridized carbons (Fsp3) is 0.292. The van der Waals surface area contributed by atoms with Crippen LogP contribution in [0.2, 0.25) is 0 Å². The van der Waals surface area contributed by atoms with Gasteiger partial charge in [0.1, 0.15) is 17.7 Å². The van der Waals surface area contributed by atoms with Crippen molar-refractivity contribution in [2.24, 2.45) is 0 Å². The summed E-state index contributed by atoms with van der Waals surface area (Å²) in [6.45, 7) is 1.58. The molecule has 1 fully saturated rings. The number of hydrogen-bond acceptors (Lipinski definition) is 5. The Morgan fingerprint density at radius 1 is 1.05 bits per heavy atom.